The maximum absolute atomic E-state index is 12.0. The second kappa shape index (κ2) is 9.74. The Labute approximate surface area is 238 Å². The van der Waals surface area contributed by atoms with Gasteiger partial charge in [-0.25, -0.2) is 9.97 Å². The molecule has 0 atom stereocenters. The second-order valence-corrected chi connectivity index (χ2v) is 11.5. The number of fused-ring (bicyclic) bond motifs is 1. The normalized spacial score (nSPS) is 20.7. The summed E-state index contributed by atoms with van der Waals surface area (Å²) in [5.41, 5.74) is 3.49. The molecule has 11 nitrogen and oxygen atoms in total. The van der Waals surface area contributed by atoms with Crippen LogP contribution in [0, 0.1) is 26.9 Å². The molecule has 0 saturated heterocycles. The number of likely N-dealkylation sites (N-methyl/N-ethyl adjacent to an activating group) is 2. The van der Waals surface area contributed by atoms with Crippen molar-refractivity contribution in [3.63, 3.8) is 0 Å². The summed E-state index contributed by atoms with van der Waals surface area (Å²) in [4.78, 5) is 24.7. The molecule has 0 aliphatic heterocycles. The number of nitriles is 1. The van der Waals surface area contributed by atoms with Gasteiger partial charge in [0.1, 0.15) is 11.4 Å². The van der Waals surface area contributed by atoms with Gasteiger partial charge in [0.2, 0.25) is 5.95 Å². The Balaban J connectivity index is 1.33. The highest BCUT2D eigenvalue weighted by atomic mass is 16.6. The topological polar surface area (TPSA) is 125 Å². The Morgan fingerprint density at radius 2 is 1.93 bits per heavy atom. The van der Waals surface area contributed by atoms with Crippen LogP contribution >= 0.6 is 0 Å². The summed E-state index contributed by atoms with van der Waals surface area (Å²) in [5, 5.41) is 25.8. The maximum atomic E-state index is 12.0. The van der Waals surface area contributed by atoms with Gasteiger partial charge < -0.3 is 24.4 Å². The Kier molecular flexibility index (Phi) is 6.31. The lowest BCUT2D eigenvalue weighted by atomic mass is 9.40. The van der Waals surface area contributed by atoms with E-state index in [9.17, 15) is 15.4 Å². The molecule has 0 amide bonds. The van der Waals surface area contributed by atoms with E-state index in [2.05, 4.69) is 39.3 Å². The number of anilines is 3. The zero-order chi connectivity index (χ0) is 28.9. The molecule has 4 aromatic rings. The smallest absolute Gasteiger partial charge is 0.294 e. The van der Waals surface area contributed by atoms with Crippen molar-refractivity contribution in [1.82, 2.24) is 19.4 Å². The quantitative estimate of drug-likeness (QED) is 0.210. The van der Waals surface area contributed by atoms with Gasteiger partial charge in [-0.15, -0.1) is 0 Å². The molecular weight excluding hydrogens is 520 g/mol. The Morgan fingerprint density at radius 3 is 2.61 bits per heavy atom. The lowest BCUT2D eigenvalue weighted by Gasteiger charge is -2.67. The zero-order valence-electron chi connectivity index (χ0n) is 23.6. The minimum atomic E-state index is -0.389. The number of hydrogen-bond donors (Lipinski definition) is 1. The van der Waals surface area contributed by atoms with Crippen LogP contribution in [0.25, 0.3) is 22.2 Å². The first-order valence-electron chi connectivity index (χ1n) is 13.5. The first kappa shape index (κ1) is 26.5. The fourth-order valence-electron chi connectivity index (χ4n) is 6.32. The third-order valence-electron chi connectivity index (χ3n) is 8.43. The van der Waals surface area contributed by atoms with Gasteiger partial charge in [-0.3, -0.25) is 10.1 Å². The number of nitro benzene ring substituents is 1. The van der Waals surface area contributed by atoms with Crippen molar-refractivity contribution in [1.29, 1.82) is 5.26 Å². The lowest BCUT2D eigenvalue weighted by Crippen LogP contribution is -2.66. The molecule has 3 fully saturated rings. The zero-order valence-corrected chi connectivity index (χ0v) is 23.6. The van der Waals surface area contributed by atoms with Gasteiger partial charge in [0, 0.05) is 66.7 Å². The van der Waals surface area contributed by atoms with Crippen LogP contribution in [-0.4, -0.2) is 65.7 Å². The monoisotopic (exact) mass is 552 g/mol. The van der Waals surface area contributed by atoms with Crippen LogP contribution in [0.1, 0.15) is 19.3 Å². The summed E-state index contributed by atoms with van der Waals surface area (Å²) in [6, 6.07) is 15.7. The summed E-state index contributed by atoms with van der Waals surface area (Å²) >= 11 is 0. The molecule has 1 N–H and O–H groups in total. The molecule has 2 aromatic heterocycles. The predicted octanol–water partition coefficient (Wildman–Crippen LogP) is 5.16. The highest BCUT2D eigenvalue weighted by molar-refractivity contribution is 5.95. The van der Waals surface area contributed by atoms with Crippen LogP contribution in [0.4, 0.5) is 23.0 Å². The molecule has 2 bridgehead atoms. The molecule has 0 unspecified atom stereocenters. The number of benzene rings is 2. The van der Waals surface area contributed by atoms with Crippen LogP contribution in [0.3, 0.4) is 0 Å². The van der Waals surface area contributed by atoms with Crippen LogP contribution in [0.5, 0.6) is 5.75 Å². The van der Waals surface area contributed by atoms with Gasteiger partial charge in [-0.05, 0) is 45.5 Å². The van der Waals surface area contributed by atoms with E-state index >= 15 is 0 Å². The predicted molar refractivity (Wildman–Crippen MR) is 158 cm³/mol. The van der Waals surface area contributed by atoms with Crippen LogP contribution in [0.2, 0.25) is 0 Å². The second-order valence-electron chi connectivity index (χ2n) is 11.5. The Morgan fingerprint density at radius 1 is 1.17 bits per heavy atom. The van der Waals surface area contributed by atoms with Crippen molar-refractivity contribution >= 4 is 33.9 Å². The van der Waals surface area contributed by atoms with Gasteiger partial charge in [0.05, 0.1) is 34.9 Å². The van der Waals surface area contributed by atoms with E-state index in [1.807, 2.05) is 49.1 Å². The van der Waals surface area contributed by atoms with Crippen molar-refractivity contribution in [2.75, 3.05) is 51.6 Å². The minimum Gasteiger partial charge on any atom is -0.494 e. The van der Waals surface area contributed by atoms with E-state index in [0.29, 0.717) is 29.6 Å². The van der Waals surface area contributed by atoms with Gasteiger partial charge in [0.25, 0.3) is 5.69 Å². The molecule has 3 aliphatic carbocycles. The van der Waals surface area contributed by atoms with Crippen molar-refractivity contribution in [2.45, 2.75) is 24.8 Å². The summed E-state index contributed by atoms with van der Waals surface area (Å²) in [5.74, 6) is 0.748. The van der Waals surface area contributed by atoms with E-state index in [-0.39, 0.29) is 21.6 Å². The molecule has 11 heteroatoms. The molecule has 2 aromatic carbocycles. The van der Waals surface area contributed by atoms with E-state index in [4.69, 9.17) is 9.72 Å². The number of nitrogens with one attached hydrogen (secondary N) is 1. The molecule has 0 radical (unpaired) electrons. The Hall–Kier alpha value is -4.69. The summed E-state index contributed by atoms with van der Waals surface area (Å²) < 4.78 is 7.94. The summed E-state index contributed by atoms with van der Waals surface area (Å²) in [6.07, 6.45) is 6.45. The number of rotatable bonds is 10. The van der Waals surface area contributed by atoms with Crippen LogP contribution < -0.4 is 15.0 Å². The molecule has 7 rings (SSSR count). The average Bonchev–Trinajstić information content (AvgIpc) is 3.30. The Bertz CT molecular complexity index is 1690. The third kappa shape index (κ3) is 4.40. The third-order valence-corrected chi connectivity index (χ3v) is 8.43. The summed E-state index contributed by atoms with van der Waals surface area (Å²) in [6.45, 7) is 1.36. The molecule has 41 heavy (non-hydrogen) atoms. The molecule has 2 heterocycles. The highest BCUT2D eigenvalue weighted by Gasteiger charge is 2.69. The minimum absolute atomic E-state index is 0.00452. The SMILES string of the molecule is COc1cc(N(C)CCN(C)C)c([N+](=O)[O-])cc1Nc1nccc(-c2cn(C34CC(C#N)(C3)C4)c3ccccc23)n1. The molecule has 3 aliphatic rings. The summed E-state index contributed by atoms with van der Waals surface area (Å²) in [7, 11) is 7.28. The van der Waals surface area contributed by atoms with Crippen LogP contribution in [-0.2, 0) is 5.54 Å². The molecule has 0 spiro atoms. The average molecular weight is 553 g/mol. The van der Waals surface area contributed by atoms with E-state index in [1.54, 1.807) is 12.3 Å². The number of methoxy groups -OCH3 is 1. The van der Waals surface area contributed by atoms with Crippen molar-refractivity contribution < 1.29 is 9.66 Å². The largest absolute Gasteiger partial charge is 0.494 e. The van der Waals surface area contributed by atoms with Gasteiger partial charge in [0.15, 0.2) is 0 Å². The number of ether oxygens (including phenoxy) is 1. The number of hydrogen-bond acceptors (Lipinski definition) is 9. The van der Waals surface area contributed by atoms with Crippen molar-refractivity contribution in [3.8, 4) is 23.1 Å². The van der Waals surface area contributed by atoms with Crippen molar-refractivity contribution in [2.24, 2.45) is 5.41 Å². The lowest BCUT2D eigenvalue weighted by molar-refractivity contribution is -0.384. The van der Waals surface area contributed by atoms with Gasteiger partial charge in [-0.2, -0.15) is 5.26 Å². The van der Waals surface area contributed by atoms with E-state index in [1.165, 1.54) is 13.2 Å². The number of nitrogens with zero attached hydrogens (tertiary/aromatic N) is 7. The number of nitro groups is 1. The van der Waals surface area contributed by atoms with Gasteiger partial charge in [-0.1, -0.05) is 18.2 Å². The number of aromatic nitrogens is 3. The fourth-order valence-corrected chi connectivity index (χ4v) is 6.32. The first-order chi connectivity index (χ1) is 19.7. The maximum Gasteiger partial charge on any atom is 0.294 e. The molecule has 3 saturated carbocycles. The standard InChI is InChI=1S/C30H32N8O3/c1-35(2)11-12-36(3)25-14-27(41-4)23(13-26(25)38(39)40)34-28-32-10-9-22(33-28)21-15-37(24-8-6-5-7-20(21)24)30-16-29(17-30,18-30)19-31/h5-10,13-15H,11-12,16-18H2,1-4H3,(H,32,33,34). The number of para-hydroxylation sites is 1. The highest BCUT2D eigenvalue weighted by Crippen LogP contribution is 2.71. The van der Waals surface area contributed by atoms with Crippen molar-refractivity contribution in [3.05, 3.63) is 65.0 Å². The molecule has 210 valence electrons. The van der Waals surface area contributed by atoms with E-state index in [0.717, 1.165) is 48.0 Å². The first-order valence-corrected chi connectivity index (χ1v) is 13.5. The molecular formula is C30H32N8O3. The van der Waals surface area contributed by atoms with Gasteiger partial charge >= 0.3 is 0 Å². The van der Waals surface area contributed by atoms with E-state index < -0.39 is 0 Å². The fraction of sp³-hybridized carbons (Fsp3) is 0.367. The van der Waals surface area contributed by atoms with Crippen LogP contribution in [0.15, 0.2) is 54.9 Å².